The normalized spacial score (nSPS) is 13.4. The van der Waals surface area contributed by atoms with Gasteiger partial charge in [0.1, 0.15) is 0 Å². The summed E-state index contributed by atoms with van der Waals surface area (Å²) in [7, 11) is 0. The predicted molar refractivity (Wildman–Crippen MR) is 95.7 cm³/mol. The molecule has 4 nitrogen and oxygen atoms in total. The van der Waals surface area contributed by atoms with Gasteiger partial charge in [0.05, 0.1) is 5.54 Å². The smallest absolute Gasteiger partial charge is 0.224 e. The molecule has 2 N–H and O–H groups in total. The van der Waals surface area contributed by atoms with Crippen LogP contribution in [-0.2, 0) is 16.0 Å². The molecule has 1 rings (SSSR count). The molecule has 0 aliphatic carbocycles. The molecule has 0 radical (unpaired) electrons. The third-order valence-electron chi connectivity index (χ3n) is 4.06. The van der Waals surface area contributed by atoms with Crippen LogP contribution in [0, 0.1) is 0 Å². The second-order valence-corrected chi connectivity index (χ2v) is 6.16. The zero-order valence-electron chi connectivity index (χ0n) is 14.9. The van der Waals surface area contributed by atoms with E-state index in [-0.39, 0.29) is 11.7 Å². The van der Waals surface area contributed by atoms with Crippen molar-refractivity contribution >= 4 is 17.4 Å². The molecule has 23 heavy (non-hydrogen) atoms. The molecule has 0 bridgehead atoms. The van der Waals surface area contributed by atoms with Gasteiger partial charge in [0.2, 0.25) is 5.91 Å². The maximum Gasteiger partial charge on any atom is 0.224 e. The summed E-state index contributed by atoms with van der Waals surface area (Å²) in [6.07, 6.45) is 3.65. The van der Waals surface area contributed by atoms with E-state index in [1.165, 1.54) is 0 Å². The van der Waals surface area contributed by atoms with Gasteiger partial charge in [-0.25, -0.2) is 0 Å². The lowest BCUT2D eigenvalue weighted by molar-refractivity contribution is -0.124. The Bertz CT molecular complexity index is 511. The number of hydrogen-bond acceptors (Lipinski definition) is 3. The second-order valence-electron chi connectivity index (χ2n) is 6.16. The van der Waals surface area contributed by atoms with Crippen LogP contribution < -0.4 is 10.6 Å². The molecule has 1 amide bonds. The number of rotatable bonds is 10. The standard InChI is InChI=1S/C19H30N2O2/c1-5-8-9-18(23)21-16-12-10-15(11-13-16)14-19(4,20-7-3)17(22)6-2/h10-13,20H,5-9,14H2,1-4H3,(H,21,23)/t19-/m1/s1. The van der Waals surface area contributed by atoms with E-state index in [1.807, 2.05) is 45.0 Å². The third kappa shape index (κ3) is 6.14. The van der Waals surface area contributed by atoms with Crippen molar-refractivity contribution in [1.29, 1.82) is 0 Å². The van der Waals surface area contributed by atoms with Crippen LogP contribution in [0.5, 0.6) is 0 Å². The second kappa shape index (κ2) is 9.46. The number of ketones is 1. The van der Waals surface area contributed by atoms with E-state index < -0.39 is 5.54 Å². The molecule has 128 valence electrons. The number of benzene rings is 1. The molecular formula is C19H30N2O2. The number of carbonyl (C=O) groups is 2. The molecule has 0 fully saturated rings. The van der Waals surface area contributed by atoms with Gasteiger partial charge in [-0.05, 0) is 44.0 Å². The van der Waals surface area contributed by atoms with Crippen LogP contribution in [0.2, 0.25) is 0 Å². The van der Waals surface area contributed by atoms with Crippen molar-refractivity contribution in [2.45, 2.75) is 65.3 Å². The van der Waals surface area contributed by atoms with Crippen LogP contribution in [-0.4, -0.2) is 23.8 Å². The van der Waals surface area contributed by atoms with Crippen LogP contribution in [0.4, 0.5) is 5.69 Å². The highest BCUT2D eigenvalue weighted by molar-refractivity contribution is 5.90. The molecule has 0 saturated carbocycles. The van der Waals surface area contributed by atoms with Gasteiger partial charge in [0.15, 0.2) is 5.78 Å². The zero-order chi connectivity index (χ0) is 17.3. The number of hydrogen-bond donors (Lipinski definition) is 2. The molecule has 1 aromatic rings. The van der Waals surface area contributed by atoms with Crippen molar-refractivity contribution < 1.29 is 9.59 Å². The molecule has 0 unspecified atom stereocenters. The Morgan fingerprint density at radius 3 is 2.26 bits per heavy atom. The van der Waals surface area contributed by atoms with E-state index in [4.69, 9.17) is 0 Å². The van der Waals surface area contributed by atoms with Gasteiger partial charge in [-0.3, -0.25) is 9.59 Å². The summed E-state index contributed by atoms with van der Waals surface area (Å²) in [5, 5.41) is 6.21. The Hall–Kier alpha value is -1.68. The summed E-state index contributed by atoms with van der Waals surface area (Å²) < 4.78 is 0. The lowest BCUT2D eigenvalue weighted by atomic mass is 9.87. The first-order valence-electron chi connectivity index (χ1n) is 8.62. The fourth-order valence-corrected chi connectivity index (χ4v) is 2.71. The van der Waals surface area contributed by atoms with E-state index in [2.05, 4.69) is 17.6 Å². The average Bonchev–Trinajstić information content (AvgIpc) is 2.54. The van der Waals surface area contributed by atoms with E-state index in [9.17, 15) is 9.59 Å². The molecule has 4 heteroatoms. The van der Waals surface area contributed by atoms with Gasteiger partial charge in [-0.15, -0.1) is 0 Å². The Labute approximate surface area is 140 Å². The maximum atomic E-state index is 12.2. The van der Waals surface area contributed by atoms with Crippen molar-refractivity contribution in [3.05, 3.63) is 29.8 Å². The van der Waals surface area contributed by atoms with Gasteiger partial charge < -0.3 is 10.6 Å². The molecule has 0 heterocycles. The highest BCUT2D eigenvalue weighted by atomic mass is 16.1. The molecule has 0 spiro atoms. The summed E-state index contributed by atoms with van der Waals surface area (Å²) >= 11 is 0. The summed E-state index contributed by atoms with van der Waals surface area (Å²) in [5.74, 6) is 0.273. The molecule has 0 aromatic heterocycles. The van der Waals surface area contributed by atoms with Crippen molar-refractivity contribution in [3.63, 3.8) is 0 Å². The van der Waals surface area contributed by atoms with Crippen LogP contribution in [0.1, 0.15) is 58.9 Å². The third-order valence-corrected chi connectivity index (χ3v) is 4.06. The zero-order valence-corrected chi connectivity index (χ0v) is 14.9. The van der Waals surface area contributed by atoms with Crippen LogP contribution >= 0.6 is 0 Å². The first-order chi connectivity index (χ1) is 10.9. The van der Waals surface area contributed by atoms with Crippen molar-refractivity contribution in [3.8, 4) is 0 Å². The van der Waals surface area contributed by atoms with E-state index in [1.54, 1.807) is 0 Å². The number of unbranched alkanes of at least 4 members (excludes halogenated alkanes) is 1. The lowest BCUT2D eigenvalue weighted by Crippen LogP contribution is -2.51. The summed E-state index contributed by atoms with van der Waals surface area (Å²) in [6.45, 7) is 8.70. The van der Waals surface area contributed by atoms with Crippen molar-refractivity contribution in [2.75, 3.05) is 11.9 Å². The summed E-state index contributed by atoms with van der Waals surface area (Å²) in [6, 6.07) is 7.77. The van der Waals surface area contributed by atoms with Gasteiger partial charge >= 0.3 is 0 Å². The van der Waals surface area contributed by atoms with Crippen LogP contribution in [0.15, 0.2) is 24.3 Å². The molecule has 0 aliphatic heterocycles. The summed E-state index contributed by atoms with van der Waals surface area (Å²) in [4.78, 5) is 24.0. The molecule has 0 aliphatic rings. The average molecular weight is 318 g/mol. The maximum absolute atomic E-state index is 12.2. The lowest BCUT2D eigenvalue weighted by Gasteiger charge is -2.29. The predicted octanol–water partition coefficient (Wildman–Crippen LogP) is 3.71. The van der Waals surface area contributed by atoms with E-state index in [0.717, 1.165) is 30.6 Å². The number of carbonyl (C=O) groups excluding carboxylic acids is 2. The Morgan fingerprint density at radius 2 is 1.74 bits per heavy atom. The fraction of sp³-hybridized carbons (Fsp3) is 0.579. The highest BCUT2D eigenvalue weighted by Crippen LogP contribution is 2.18. The number of anilines is 1. The minimum atomic E-state index is -0.532. The minimum Gasteiger partial charge on any atom is -0.326 e. The number of nitrogens with one attached hydrogen (secondary N) is 2. The van der Waals surface area contributed by atoms with E-state index in [0.29, 0.717) is 19.3 Å². The monoisotopic (exact) mass is 318 g/mol. The highest BCUT2D eigenvalue weighted by Gasteiger charge is 2.30. The Kier molecular flexibility index (Phi) is 7.96. The quantitative estimate of drug-likeness (QED) is 0.691. The van der Waals surface area contributed by atoms with Gasteiger partial charge in [-0.1, -0.05) is 39.3 Å². The van der Waals surface area contributed by atoms with Crippen molar-refractivity contribution in [2.24, 2.45) is 0 Å². The molecule has 1 atom stereocenters. The minimum absolute atomic E-state index is 0.0539. The SMILES string of the molecule is CCCCC(=O)Nc1ccc(C[C@@](C)(NCC)C(=O)CC)cc1. The Balaban J connectivity index is 2.71. The topological polar surface area (TPSA) is 58.2 Å². The number of amides is 1. The van der Waals surface area contributed by atoms with E-state index >= 15 is 0 Å². The summed E-state index contributed by atoms with van der Waals surface area (Å²) in [5.41, 5.74) is 1.36. The van der Waals surface area contributed by atoms with Crippen molar-refractivity contribution in [1.82, 2.24) is 5.32 Å². The van der Waals surface area contributed by atoms with Crippen LogP contribution in [0.25, 0.3) is 0 Å². The largest absolute Gasteiger partial charge is 0.326 e. The van der Waals surface area contributed by atoms with Crippen LogP contribution in [0.3, 0.4) is 0 Å². The van der Waals surface area contributed by atoms with Gasteiger partial charge in [0.25, 0.3) is 0 Å². The number of Topliss-reactive ketones (excluding diaryl/α,β-unsaturated/α-hetero) is 1. The molecule has 1 aromatic carbocycles. The first kappa shape index (κ1) is 19.4. The van der Waals surface area contributed by atoms with Gasteiger partial charge in [-0.2, -0.15) is 0 Å². The first-order valence-corrected chi connectivity index (χ1v) is 8.62. The Morgan fingerprint density at radius 1 is 1.09 bits per heavy atom. The molecule has 0 saturated heterocycles. The molecular weight excluding hydrogens is 288 g/mol. The fourth-order valence-electron chi connectivity index (χ4n) is 2.71. The van der Waals surface area contributed by atoms with Gasteiger partial charge in [0, 0.05) is 18.5 Å². The number of likely N-dealkylation sites (N-methyl/N-ethyl adjacent to an activating group) is 1.